The Bertz CT molecular complexity index is 775. The first-order valence-electron chi connectivity index (χ1n) is 9.12. The highest BCUT2D eigenvalue weighted by molar-refractivity contribution is 7.11. The van der Waals surface area contributed by atoms with Crippen molar-refractivity contribution in [3.63, 3.8) is 0 Å². The molecule has 0 spiro atoms. The molecular formula is C20H27FN4OS. The van der Waals surface area contributed by atoms with Gasteiger partial charge in [-0.05, 0) is 45.0 Å². The van der Waals surface area contributed by atoms with Gasteiger partial charge in [0.15, 0.2) is 5.96 Å². The number of carbonyl (C=O) groups excluding carboxylic acids is 1. The molecule has 2 rings (SSSR count). The first-order chi connectivity index (χ1) is 13.0. The molecule has 7 heteroatoms. The molecule has 5 nitrogen and oxygen atoms in total. The van der Waals surface area contributed by atoms with Crippen molar-refractivity contribution in [3.05, 3.63) is 57.5 Å². The quantitative estimate of drug-likeness (QED) is 0.369. The molecule has 0 saturated heterocycles. The van der Waals surface area contributed by atoms with E-state index < -0.39 is 11.7 Å². The molecule has 27 heavy (non-hydrogen) atoms. The van der Waals surface area contributed by atoms with Crippen LogP contribution in [0.4, 0.5) is 4.39 Å². The van der Waals surface area contributed by atoms with Crippen LogP contribution in [-0.4, -0.2) is 37.5 Å². The highest BCUT2D eigenvalue weighted by Gasteiger charge is 2.10. The molecule has 1 aromatic carbocycles. The first-order valence-corrected chi connectivity index (χ1v) is 9.94. The summed E-state index contributed by atoms with van der Waals surface area (Å²) in [5, 5.41) is 9.27. The molecule has 0 aliphatic carbocycles. The molecule has 1 heterocycles. The number of aryl methyl sites for hydroxylation is 1. The number of guanidine groups is 1. The molecule has 1 unspecified atom stereocenters. The smallest absolute Gasteiger partial charge is 0.254 e. The van der Waals surface area contributed by atoms with Crippen LogP contribution in [0.15, 0.2) is 41.4 Å². The van der Waals surface area contributed by atoms with Crippen LogP contribution in [0.25, 0.3) is 0 Å². The van der Waals surface area contributed by atoms with Crippen LogP contribution < -0.4 is 16.0 Å². The van der Waals surface area contributed by atoms with Crippen LogP contribution in [0.1, 0.15) is 34.0 Å². The first kappa shape index (κ1) is 20.9. The maximum absolute atomic E-state index is 13.6. The van der Waals surface area contributed by atoms with Crippen LogP contribution in [0.3, 0.4) is 0 Å². The Labute approximate surface area is 164 Å². The van der Waals surface area contributed by atoms with E-state index in [4.69, 9.17) is 0 Å². The Hall–Kier alpha value is -2.41. The second-order valence-electron chi connectivity index (χ2n) is 6.26. The molecule has 3 N–H and O–H groups in total. The molecule has 0 aliphatic rings. The second-order valence-corrected chi connectivity index (χ2v) is 7.63. The molecule has 1 aromatic heterocycles. The van der Waals surface area contributed by atoms with Crippen LogP contribution >= 0.6 is 11.3 Å². The molecule has 0 aliphatic heterocycles. The van der Waals surface area contributed by atoms with Crippen molar-refractivity contribution >= 4 is 23.2 Å². The Kier molecular flexibility index (Phi) is 8.26. The maximum atomic E-state index is 13.6. The molecule has 0 saturated carbocycles. The highest BCUT2D eigenvalue weighted by atomic mass is 32.1. The third-order valence-corrected chi connectivity index (χ3v) is 4.84. The maximum Gasteiger partial charge on any atom is 0.254 e. The lowest BCUT2D eigenvalue weighted by Crippen LogP contribution is -2.43. The van der Waals surface area contributed by atoms with Gasteiger partial charge in [0.05, 0.1) is 12.1 Å². The number of hydrogen-bond acceptors (Lipinski definition) is 3. The number of aliphatic imine (C=N–C) groups is 1. The lowest BCUT2D eigenvalue weighted by atomic mass is 10.2. The largest absolute Gasteiger partial charge is 0.357 e. The summed E-state index contributed by atoms with van der Waals surface area (Å²) in [6.07, 6.45) is 0.924. The highest BCUT2D eigenvalue weighted by Crippen LogP contribution is 2.16. The van der Waals surface area contributed by atoms with E-state index >= 15 is 0 Å². The van der Waals surface area contributed by atoms with Gasteiger partial charge in [0.25, 0.3) is 5.91 Å². The molecule has 0 fully saturated rings. The van der Waals surface area contributed by atoms with Gasteiger partial charge in [-0.3, -0.25) is 9.79 Å². The van der Waals surface area contributed by atoms with E-state index in [1.807, 2.05) is 6.92 Å². The Morgan fingerprint density at radius 1 is 1.22 bits per heavy atom. The summed E-state index contributed by atoms with van der Waals surface area (Å²) in [7, 11) is 0. The van der Waals surface area contributed by atoms with E-state index in [1.54, 1.807) is 23.5 Å². The van der Waals surface area contributed by atoms with E-state index in [9.17, 15) is 9.18 Å². The van der Waals surface area contributed by atoms with Gasteiger partial charge in [-0.1, -0.05) is 12.1 Å². The van der Waals surface area contributed by atoms with Gasteiger partial charge in [-0.2, -0.15) is 0 Å². The zero-order valence-electron chi connectivity index (χ0n) is 16.0. The van der Waals surface area contributed by atoms with Gasteiger partial charge in [0.1, 0.15) is 5.82 Å². The van der Waals surface area contributed by atoms with Crippen LogP contribution in [0.5, 0.6) is 0 Å². The number of benzene rings is 1. The molecule has 2 aromatic rings. The summed E-state index contributed by atoms with van der Waals surface area (Å²) in [6.45, 7) is 7.71. The number of rotatable bonds is 8. The van der Waals surface area contributed by atoms with Gasteiger partial charge in [0, 0.05) is 35.3 Å². The number of thiophene rings is 1. The number of halogens is 1. The fourth-order valence-electron chi connectivity index (χ4n) is 2.58. The second kappa shape index (κ2) is 10.7. The summed E-state index contributed by atoms with van der Waals surface area (Å²) >= 11 is 1.80. The third kappa shape index (κ3) is 7.02. The standard InChI is InChI=1S/C20H27FN4OS/c1-4-22-20(25-14(2)13-16-10-9-15(3)27-16)24-12-11-23-19(26)17-7-5-6-8-18(17)21/h5-10,14H,4,11-13H2,1-3H3,(H,23,26)(H2,22,24,25). The van der Waals surface area contributed by atoms with Crippen LogP contribution in [0, 0.1) is 12.7 Å². The zero-order chi connectivity index (χ0) is 19.6. The van der Waals surface area contributed by atoms with Gasteiger partial charge < -0.3 is 16.0 Å². The Morgan fingerprint density at radius 3 is 2.67 bits per heavy atom. The average molecular weight is 391 g/mol. The summed E-state index contributed by atoms with van der Waals surface area (Å²) < 4.78 is 13.6. The van der Waals surface area contributed by atoms with Gasteiger partial charge >= 0.3 is 0 Å². The van der Waals surface area contributed by atoms with Crippen molar-refractivity contribution < 1.29 is 9.18 Å². The molecule has 0 bridgehead atoms. The van der Waals surface area contributed by atoms with E-state index in [1.165, 1.54) is 21.9 Å². The number of nitrogens with one attached hydrogen (secondary N) is 3. The topological polar surface area (TPSA) is 65.5 Å². The minimum absolute atomic E-state index is 0.0476. The third-order valence-electron chi connectivity index (χ3n) is 3.82. The molecule has 1 atom stereocenters. The van der Waals surface area contributed by atoms with Gasteiger partial charge in [-0.15, -0.1) is 11.3 Å². The summed E-state index contributed by atoms with van der Waals surface area (Å²) in [5.74, 6) is -0.243. The summed E-state index contributed by atoms with van der Waals surface area (Å²) in [5.41, 5.74) is 0.0476. The van der Waals surface area contributed by atoms with Crippen molar-refractivity contribution in [2.45, 2.75) is 33.2 Å². The predicted octanol–water partition coefficient (Wildman–Crippen LogP) is 3.11. The monoisotopic (exact) mass is 390 g/mol. The van der Waals surface area contributed by atoms with Crippen LogP contribution in [0.2, 0.25) is 0 Å². The number of carbonyl (C=O) groups is 1. The molecule has 146 valence electrons. The molecule has 0 radical (unpaired) electrons. The summed E-state index contributed by atoms with van der Waals surface area (Å²) in [4.78, 5) is 19.1. The lowest BCUT2D eigenvalue weighted by Gasteiger charge is -2.17. The summed E-state index contributed by atoms with van der Waals surface area (Å²) in [6, 6.07) is 10.5. The number of nitrogens with zero attached hydrogens (tertiary/aromatic N) is 1. The fourth-order valence-corrected chi connectivity index (χ4v) is 3.60. The van der Waals surface area contributed by atoms with E-state index in [2.05, 4.69) is 46.9 Å². The van der Waals surface area contributed by atoms with Crippen molar-refractivity contribution in [3.8, 4) is 0 Å². The molecular weight excluding hydrogens is 363 g/mol. The van der Waals surface area contributed by atoms with Gasteiger partial charge in [0.2, 0.25) is 0 Å². The van der Waals surface area contributed by atoms with Crippen molar-refractivity contribution in [1.29, 1.82) is 0 Å². The minimum atomic E-state index is -0.522. The van der Waals surface area contributed by atoms with E-state index in [0.717, 1.165) is 13.0 Å². The van der Waals surface area contributed by atoms with Crippen molar-refractivity contribution in [1.82, 2.24) is 16.0 Å². The van der Waals surface area contributed by atoms with Crippen LogP contribution in [-0.2, 0) is 6.42 Å². The average Bonchev–Trinajstić information content (AvgIpc) is 3.03. The Morgan fingerprint density at radius 2 is 2.00 bits per heavy atom. The predicted molar refractivity (Wildman–Crippen MR) is 110 cm³/mol. The minimum Gasteiger partial charge on any atom is -0.357 e. The molecule has 1 amide bonds. The Balaban J connectivity index is 1.82. The lowest BCUT2D eigenvalue weighted by molar-refractivity contribution is 0.0951. The number of hydrogen-bond donors (Lipinski definition) is 3. The van der Waals surface area contributed by atoms with Crippen molar-refractivity contribution in [2.24, 2.45) is 4.99 Å². The van der Waals surface area contributed by atoms with Crippen molar-refractivity contribution in [2.75, 3.05) is 19.6 Å². The fraction of sp³-hybridized carbons (Fsp3) is 0.400. The van der Waals surface area contributed by atoms with E-state index in [0.29, 0.717) is 19.0 Å². The van der Waals surface area contributed by atoms with E-state index in [-0.39, 0.29) is 11.6 Å². The van der Waals surface area contributed by atoms with Gasteiger partial charge in [-0.25, -0.2) is 4.39 Å². The SMILES string of the molecule is CCNC(=NCCNC(=O)c1ccccc1F)NC(C)Cc1ccc(C)s1. The number of amides is 1. The normalized spacial score (nSPS) is 12.5. The zero-order valence-corrected chi connectivity index (χ0v) is 16.8.